The fraction of sp³-hybridized carbons (Fsp3) is 0.812. The lowest BCUT2D eigenvalue weighted by atomic mass is 9.91. The van der Waals surface area contributed by atoms with Gasteiger partial charge in [-0.05, 0) is 44.3 Å². The molecule has 2 unspecified atom stereocenters. The van der Waals surface area contributed by atoms with Gasteiger partial charge in [0, 0.05) is 18.1 Å². The molecule has 6 heteroatoms. The van der Waals surface area contributed by atoms with Crippen molar-refractivity contribution < 1.29 is 0 Å². The number of nitrogens with zero attached hydrogens (tertiary/aromatic N) is 3. The SMILES string of the molecule is CSc1ncnc(NC(C)(C)CNC2CC(C)(C)CC2C)n1. The van der Waals surface area contributed by atoms with Crippen molar-refractivity contribution in [1.29, 1.82) is 0 Å². The van der Waals surface area contributed by atoms with Gasteiger partial charge in [-0.2, -0.15) is 4.98 Å². The number of rotatable bonds is 6. The standard InChI is InChI=1S/C16H29N5S/c1-11-7-15(2,3)8-12(11)17-9-16(4,5)21-13-18-10-19-14(20-13)22-6/h10-12,17H,7-9H2,1-6H3,(H,18,19,20,21). The van der Waals surface area contributed by atoms with E-state index in [1.54, 1.807) is 6.33 Å². The van der Waals surface area contributed by atoms with E-state index >= 15 is 0 Å². The molecule has 0 aliphatic heterocycles. The summed E-state index contributed by atoms with van der Waals surface area (Å²) in [4.78, 5) is 12.7. The van der Waals surface area contributed by atoms with Crippen LogP contribution in [0.15, 0.2) is 11.5 Å². The molecule has 0 aromatic carbocycles. The Bertz CT molecular complexity index is 503. The topological polar surface area (TPSA) is 62.7 Å². The zero-order valence-electron chi connectivity index (χ0n) is 14.6. The molecule has 124 valence electrons. The van der Waals surface area contributed by atoms with Gasteiger partial charge in [-0.3, -0.25) is 0 Å². The molecule has 1 aliphatic carbocycles. The summed E-state index contributed by atoms with van der Waals surface area (Å²) >= 11 is 1.52. The Morgan fingerprint density at radius 2 is 2.05 bits per heavy atom. The summed E-state index contributed by atoms with van der Waals surface area (Å²) in [6.45, 7) is 12.3. The Labute approximate surface area is 138 Å². The maximum Gasteiger partial charge on any atom is 0.227 e. The van der Waals surface area contributed by atoms with E-state index in [-0.39, 0.29) is 5.54 Å². The largest absolute Gasteiger partial charge is 0.348 e. The van der Waals surface area contributed by atoms with Crippen LogP contribution in [0.2, 0.25) is 0 Å². The number of thioether (sulfide) groups is 1. The zero-order valence-corrected chi connectivity index (χ0v) is 15.4. The van der Waals surface area contributed by atoms with Crippen LogP contribution in [0.4, 0.5) is 5.95 Å². The average molecular weight is 324 g/mol. The van der Waals surface area contributed by atoms with Crippen LogP contribution in [-0.2, 0) is 0 Å². The molecule has 5 nitrogen and oxygen atoms in total. The van der Waals surface area contributed by atoms with E-state index in [2.05, 4.69) is 60.2 Å². The second kappa shape index (κ2) is 6.71. The lowest BCUT2D eigenvalue weighted by Crippen LogP contribution is -2.46. The minimum atomic E-state index is -0.108. The Morgan fingerprint density at radius 3 is 2.64 bits per heavy atom. The van der Waals surface area contributed by atoms with E-state index < -0.39 is 0 Å². The van der Waals surface area contributed by atoms with Crippen LogP contribution in [0.3, 0.4) is 0 Å². The average Bonchev–Trinajstić information content (AvgIpc) is 2.69. The predicted octanol–water partition coefficient (Wildman–Crippen LogP) is 3.20. The number of aromatic nitrogens is 3. The summed E-state index contributed by atoms with van der Waals surface area (Å²) < 4.78 is 0. The summed E-state index contributed by atoms with van der Waals surface area (Å²) in [5.74, 6) is 1.37. The summed E-state index contributed by atoms with van der Waals surface area (Å²) in [5, 5.41) is 7.89. The van der Waals surface area contributed by atoms with Crippen molar-refractivity contribution in [3.63, 3.8) is 0 Å². The highest BCUT2D eigenvalue weighted by Crippen LogP contribution is 2.40. The Balaban J connectivity index is 1.91. The molecule has 1 aliphatic rings. The minimum Gasteiger partial charge on any atom is -0.348 e. The zero-order chi connectivity index (χ0) is 16.4. The van der Waals surface area contributed by atoms with Crippen molar-refractivity contribution in [3.8, 4) is 0 Å². The smallest absolute Gasteiger partial charge is 0.227 e. The van der Waals surface area contributed by atoms with E-state index in [0.717, 1.165) is 17.6 Å². The van der Waals surface area contributed by atoms with E-state index in [1.807, 2.05) is 6.26 Å². The van der Waals surface area contributed by atoms with Crippen molar-refractivity contribution in [1.82, 2.24) is 20.3 Å². The highest BCUT2D eigenvalue weighted by molar-refractivity contribution is 7.98. The highest BCUT2D eigenvalue weighted by Gasteiger charge is 2.37. The van der Waals surface area contributed by atoms with Crippen LogP contribution in [0.5, 0.6) is 0 Å². The van der Waals surface area contributed by atoms with E-state index in [0.29, 0.717) is 17.4 Å². The van der Waals surface area contributed by atoms with Crippen molar-refractivity contribution in [3.05, 3.63) is 6.33 Å². The third kappa shape index (κ3) is 4.81. The molecule has 2 atom stereocenters. The van der Waals surface area contributed by atoms with E-state index in [1.165, 1.54) is 24.6 Å². The predicted molar refractivity (Wildman–Crippen MR) is 93.3 cm³/mol. The molecule has 1 saturated carbocycles. The monoisotopic (exact) mass is 323 g/mol. The second-order valence-electron chi connectivity index (χ2n) is 7.84. The van der Waals surface area contributed by atoms with Crippen LogP contribution in [-0.4, -0.2) is 39.3 Å². The van der Waals surface area contributed by atoms with E-state index in [9.17, 15) is 0 Å². The van der Waals surface area contributed by atoms with Gasteiger partial charge in [-0.15, -0.1) is 0 Å². The number of nitrogens with one attached hydrogen (secondary N) is 2. The third-order valence-corrected chi connectivity index (χ3v) is 4.88. The fourth-order valence-corrected chi connectivity index (χ4v) is 3.67. The fourth-order valence-electron chi connectivity index (χ4n) is 3.34. The van der Waals surface area contributed by atoms with Crippen LogP contribution in [0, 0.1) is 11.3 Å². The second-order valence-corrected chi connectivity index (χ2v) is 8.62. The molecule has 1 fully saturated rings. The number of hydrogen-bond donors (Lipinski definition) is 2. The Morgan fingerprint density at radius 1 is 1.32 bits per heavy atom. The molecule has 2 rings (SSSR count). The molecular formula is C16H29N5S. The molecule has 1 aromatic rings. The van der Waals surface area contributed by atoms with Gasteiger partial charge in [0.2, 0.25) is 5.95 Å². The third-order valence-electron chi connectivity index (χ3n) is 4.32. The number of hydrogen-bond acceptors (Lipinski definition) is 6. The van der Waals surface area contributed by atoms with Crippen molar-refractivity contribution in [2.45, 2.75) is 64.2 Å². The van der Waals surface area contributed by atoms with E-state index in [4.69, 9.17) is 0 Å². The van der Waals surface area contributed by atoms with Crippen molar-refractivity contribution in [2.24, 2.45) is 11.3 Å². The first-order valence-corrected chi connectivity index (χ1v) is 9.18. The molecule has 1 heterocycles. The Hall–Kier alpha value is -0.880. The Kier molecular flexibility index (Phi) is 5.33. The first kappa shape index (κ1) is 17.5. The summed E-state index contributed by atoms with van der Waals surface area (Å²) in [5.41, 5.74) is 0.347. The first-order chi connectivity index (χ1) is 10.2. The van der Waals surface area contributed by atoms with Crippen molar-refractivity contribution in [2.75, 3.05) is 18.1 Å². The van der Waals surface area contributed by atoms with Crippen LogP contribution < -0.4 is 10.6 Å². The van der Waals surface area contributed by atoms with Gasteiger partial charge in [0.25, 0.3) is 0 Å². The van der Waals surface area contributed by atoms with Gasteiger partial charge in [0.05, 0.1) is 0 Å². The van der Waals surface area contributed by atoms with Gasteiger partial charge in [0.15, 0.2) is 5.16 Å². The molecule has 0 saturated heterocycles. The van der Waals surface area contributed by atoms with Gasteiger partial charge in [-0.25, -0.2) is 9.97 Å². The van der Waals surface area contributed by atoms with Crippen LogP contribution in [0.25, 0.3) is 0 Å². The van der Waals surface area contributed by atoms with Crippen LogP contribution in [0.1, 0.15) is 47.5 Å². The summed E-state index contributed by atoms with van der Waals surface area (Å²) in [7, 11) is 0. The highest BCUT2D eigenvalue weighted by atomic mass is 32.2. The maximum absolute atomic E-state index is 4.40. The summed E-state index contributed by atoms with van der Waals surface area (Å²) in [6.07, 6.45) is 6.07. The minimum absolute atomic E-state index is 0.108. The molecule has 22 heavy (non-hydrogen) atoms. The van der Waals surface area contributed by atoms with Gasteiger partial charge >= 0.3 is 0 Å². The van der Waals surface area contributed by atoms with Gasteiger partial charge in [0.1, 0.15) is 6.33 Å². The summed E-state index contributed by atoms with van der Waals surface area (Å²) in [6, 6.07) is 0.594. The number of anilines is 1. The lowest BCUT2D eigenvalue weighted by Gasteiger charge is -2.29. The molecule has 0 amide bonds. The van der Waals surface area contributed by atoms with Gasteiger partial charge < -0.3 is 10.6 Å². The lowest BCUT2D eigenvalue weighted by molar-refractivity contribution is 0.356. The first-order valence-electron chi connectivity index (χ1n) is 7.95. The molecule has 0 bridgehead atoms. The molecule has 1 aromatic heterocycles. The van der Waals surface area contributed by atoms with Crippen molar-refractivity contribution >= 4 is 17.7 Å². The molecule has 2 N–H and O–H groups in total. The quantitative estimate of drug-likeness (QED) is 0.784. The normalized spacial score (nSPS) is 24.5. The van der Waals surface area contributed by atoms with Gasteiger partial charge in [-0.1, -0.05) is 32.5 Å². The molecular weight excluding hydrogens is 294 g/mol. The maximum atomic E-state index is 4.40. The molecule has 0 spiro atoms. The molecule has 0 radical (unpaired) electrons. The van der Waals surface area contributed by atoms with Crippen LogP contribution >= 0.6 is 11.8 Å².